The van der Waals surface area contributed by atoms with Crippen molar-refractivity contribution in [2.24, 2.45) is 0 Å². The third-order valence-electron chi connectivity index (χ3n) is 1.73. The lowest BCUT2D eigenvalue weighted by atomic mass is 10.1. The van der Waals surface area contributed by atoms with E-state index >= 15 is 0 Å². The smallest absolute Gasteiger partial charge is 0.134 e. The number of hydrogen-bond donors (Lipinski definition) is 0. The highest BCUT2D eigenvalue weighted by atomic mass is 35.5. The Kier molecular flexibility index (Phi) is 3.04. The van der Waals surface area contributed by atoms with Gasteiger partial charge in [0.05, 0.1) is 0 Å². The van der Waals surface area contributed by atoms with Crippen LogP contribution in [-0.4, -0.2) is 5.78 Å². The Bertz CT molecular complexity index is 347. The van der Waals surface area contributed by atoms with Crippen LogP contribution in [0.25, 0.3) is 0 Å². The van der Waals surface area contributed by atoms with Crippen LogP contribution in [0.5, 0.6) is 0 Å². The monoisotopic (exact) mass is 200 g/mol. The number of benzene rings is 1. The first kappa shape index (κ1) is 10.2. The number of halogens is 2. The molecule has 0 unspecified atom stereocenters. The number of carbonyl (C=O) groups excluding carboxylic acids is 1. The molecule has 0 N–H and O–H groups in total. The zero-order valence-electron chi connectivity index (χ0n) is 7.53. The highest BCUT2D eigenvalue weighted by Gasteiger charge is 2.08. The molecule has 0 saturated carbocycles. The number of carbonyl (C=O) groups is 1. The van der Waals surface area contributed by atoms with Crippen molar-refractivity contribution in [2.75, 3.05) is 0 Å². The van der Waals surface area contributed by atoms with Gasteiger partial charge in [-0.2, -0.15) is 0 Å². The van der Waals surface area contributed by atoms with E-state index in [9.17, 15) is 9.18 Å². The number of Topliss-reactive ketones (excluding diaryl/α,β-unsaturated/α-hetero) is 1. The normalized spacial score (nSPS) is 10.2. The molecule has 1 rings (SSSR count). The molecule has 0 aromatic heterocycles. The van der Waals surface area contributed by atoms with Crippen LogP contribution in [0.2, 0.25) is 5.02 Å². The highest BCUT2D eigenvalue weighted by molar-refractivity contribution is 6.30. The SMILES string of the molecule is CC(=O)Cc1cc(Cl)cc(C)c1F. The van der Waals surface area contributed by atoms with E-state index in [0.29, 0.717) is 16.1 Å². The second-order valence-corrected chi connectivity index (χ2v) is 3.51. The first-order valence-electron chi connectivity index (χ1n) is 3.94. The van der Waals surface area contributed by atoms with Crippen molar-refractivity contribution < 1.29 is 9.18 Å². The molecular weight excluding hydrogens is 191 g/mol. The first-order chi connectivity index (χ1) is 6.00. The van der Waals surface area contributed by atoms with Gasteiger partial charge >= 0.3 is 0 Å². The molecule has 0 aliphatic carbocycles. The predicted molar refractivity (Wildman–Crippen MR) is 50.5 cm³/mol. The van der Waals surface area contributed by atoms with Crippen molar-refractivity contribution in [1.82, 2.24) is 0 Å². The number of aryl methyl sites for hydroxylation is 1. The fourth-order valence-electron chi connectivity index (χ4n) is 1.19. The molecule has 1 aromatic carbocycles. The van der Waals surface area contributed by atoms with Gasteiger partial charge in [0.2, 0.25) is 0 Å². The first-order valence-corrected chi connectivity index (χ1v) is 4.32. The number of ketones is 1. The quantitative estimate of drug-likeness (QED) is 0.718. The highest BCUT2D eigenvalue weighted by Crippen LogP contribution is 2.19. The standard InChI is InChI=1S/C10H10ClFO/c1-6-3-9(11)5-8(10(6)12)4-7(2)13/h3,5H,4H2,1-2H3. The zero-order valence-corrected chi connectivity index (χ0v) is 8.28. The molecule has 0 spiro atoms. The Labute approximate surface area is 81.5 Å². The molecule has 0 amide bonds. The largest absolute Gasteiger partial charge is 0.300 e. The minimum absolute atomic E-state index is 0.0689. The fraction of sp³-hybridized carbons (Fsp3) is 0.300. The van der Waals surface area contributed by atoms with E-state index in [4.69, 9.17) is 11.6 Å². The van der Waals surface area contributed by atoms with Gasteiger partial charge < -0.3 is 0 Å². The van der Waals surface area contributed by atoms with E-state index in [0.717, 1.165) is 0 Å². The fourth-order valence-corrected chi connectivity index (χ4v) is 1.49. The van der Waals surface area contributed by atoms with Crippen molar-refractivity contribution in [3.05, 3.63) is 34.1 Å². The van der Waals surface area contributed by atoms with Crippen LogP contribution < -0.4 is 0 Å². The molecule has 0 heterocycles. The number of rotatable bonds is 2. The van der Waals surface area contributed by atoms with Gasteiger partial charge in [0.25, 0.3) is 0 Å². The van der Waals surface area contributed by atoms with Crippen LogP contribution in [0.3, 0.4) is 0 Å². The Morgan fingerprint density at radius 3 is 2.69 bits per heavy atom. The molecule has 0 saturated heterocycles. The van der Waals surface area contributed by atoms with E-state index in [1.807, 2.05) is 0 Å². The molecule has 0 atom stereocenters. The van der Waals surface area contributed by atoms with E-state index in [1.54, 1.807) is 13.0 Å². The summed E-state index contributed by atoms with van der Waals surface area (Å²) in [7, 11) is 0. The third-order valence-corrected chi connectivity index (χ3v) is 1.95. The van der Waals surface area contributed by atoms with E-state index in [-0.39, 0.29) is 18.0 Å². The van der Waals surface area contributed by atoms with Gasteiger partial charge in [-0.1, -0.05) is 11.6 Å². The summed E-state index contributed by atoms with van der Waals surface area (Å²) >= 11 is 5.73. The maximum Gasteiger partial charge on any atom is 0.134 e. The molecule has 1 nitrogen and oxygen atoms in total. The van der Waals surface area contributed by atoms with Gasteiger partial charge in [-0.15, -0.1) is 0 Å². The van der Waals surface area contributed by atoms with Crippen LogP contribution in [0.15, 0.2) is 12.1 Å². The molecule has 0 aliphatic heterocycles. The lowest BCUT2D eigenvalue weighted by Crippen LogP contribution is -2.00. The minimum atomic E-state index is -0.334. The van der Waals surface area contributed by atoms with Gasteiger partial charge in [-0.3, -0.25) is 4.79 Å². The maximum absolute atomic E-state index is 13.3. The summed E-state index contributed by atoms with van der Waals surface area (Å²) in [5.41, 5.74) is 0.848. The van der Waals surface area contributed by atoms with Crippen LogP contribution in [0.1, 0.15) is 18.1 Å². The molecular formula is C10H10ClFO. The Hall–Kier alpha value is -0.890. The summed E-state index contributed by atoms with van der Waals surface area (Å²) in [6, 6.07) is 3.03. The van der Waals surface area contributed by atoms with Gasteiger partial charge in [0, 0.05) is 11.4 Å². The minimum Gasteiger partial charge on any atom is -0.300 e. The third kappa shape index (κ3) is 2.52. The van der Waals surface area contributed by atoms with Gasteiger partial charge in [-0.05, 0) is 37.1 Å². The second kappa shape index (κ2) is 3.88. The van der Waals surface area contributed by atoms with E-state index in [1.165, 1.54) is 13.0 Å². The lowest BCUT2D eigenvalue weighted by Gasteiger charge is -2.04. The topological polar surface area (TPSA) is 17.1 Å². The average molecular weight is 201 g/mol. The molecule has 0 bridgehead atoms. The van der Waals surface area contributed by atoms with Crippen molar-refractivity contribution >= 4 is 17.4 Å². The van der Waals surface area contributed by atoms with E-state index in [2.05, 4.69) is 0 Å². The summed E-state index contributed by atoms with van der Waals surface area (Å²) in [6.45, 7) is 3.06. The van der Waals surface area contributed by atoms with E-state index < -0.39 is 0 Å². The molecule has 0 radical (unpaired) electrons. The maximum atomic E-state index is 13.3. The number of hydrogen-bond acceptors (Lipinski definition) is 1. The average Bonchev–Trinajstić information content (AvgIpc) is 1.98. The van der Waals surface area contributed by atoms with Gasteiger partial charge in [0.1, 0.15) is 11.6 Å². The predicted octanol–water partition coefficient (Wildman–Crippen LogP) is 2.92. The molecule has 0 aliphatic rings. The summed E-state index contributed by atoms with van der Waals surface area (Å²) in [4.78, 5) is 10.8. The summed E-state index contributed by atoms with van der Waals surface area (Å²) in [5, 5.41) is 0.468. The van der Waals surface area contributed by atoms with Gasteiger partial charge in [-0.25, -0.2) is 4.39 Å². The van der Waals surface area contributed by atoms with Crippen molar-refractivity contribution in [3.8, 4) is 0 Å². The van der Waals surface area contributed by atoms with Crippen LogP contribution in [0, 0.1) is 12.7 Å². The Morgan fingerprint density at radius 1 is 1.54 bits per heavy atom. The van der Waals surface area contributed by atoms with Crippen LogP contribution in [-0.2, 0) is 11.2 Å². The van der Waals surface area contributed by atoms with Crippen LogP contribution in [0.4, 0.5) is 4.39 Å². The summed E-state index contributed by atoms with van der Waals surface area (Å²) in [6.07, 6.45) is 0.104. The molecule has 13 heavy (non-hydrogen) atoms. The van der Waals surface area contributed by atoms with Crippen molar-refractivity contribution in [1.29, 1.82) is 0 Å². The van der Waals surface area contributed by atoms with Crippen LogP contribution >= 0.6 is 11.6 Å². The Morgan fingerprint density at radius 2 is 2.15 bits per heavy atom. The van der Waals surface area contributed by atoms with Gasteiger partial charge in [0.15, 0.2) is 0 Å². The molecule has 70 valence electrons. The molecule has 3 heteroatoms. The van der Waals surface area contributed by atoms with Crippen molar-refractivity contribution in [2.45, 2.75) is 20.3 Å². The lowest BCUT2D eigenvalue weighted by molar-refractivity contribution is -0.116. The summed E-state index contributed by atoms with van der Waals surface area (Å²) in [5.74, 6) is -0.403. The molecule has 0 fully saturated rings. The van der Waals surface area contributed by atoms with Crippen molar-refractivity contribution in [3.63, 3.8) is 0 Å². The molecule has 1 aromatic rings. The second-order valence-electron chi connectivity index (χ2n) is 3.07. The summed E-state index contributed by atoms with van der Waals surface area (Å²) < 4.78 is 13.3. The zero-order chi connectivity index (χ0) is 10.0. The Balaban J connectivity index is 3.12.